The maximum atomic E-state index is 12.0. The first-order chi connectivity index (χ1) is 12.5. The molecule has 0 aromatic heterocycles. The van der Waals surface area contributed by atoms with E-state index in [4.69, 9.17) is 20.0 Å². The fraction of sp³-hybridized carbons (Fsp3) is 0.158. The van der Waals surface area contributed by atoms with E-state index in [0.29, 0.717) is 16.8 Å². The number of benzene rings is 2. The molecular formula is C19H15N3O4. The van der Waals surface area contributed by atoms with Gasteiger partial charge in [-0.25, -0.2) is 4.79 Å². The van der Waals surface area contributed by atoms with Crippen LogP contribution in [0.3, 0.4) is 0 Å². The third-order valence-corrected chi connectivity index (χ3v) is 3.31. The van der Waals surface area contributed by atoms with Crippen molar-refractivity contribution in [2.24, 2.45) is 0 Å². The molecule has 0 unspecified atom stereocenters. The van der Waals surface area contributed by atoms with Crippen LogP contribution in [0.25, 0.3) is 0 Å². The highest BCUT2D eigenvalue weighted by atomic mass is 16.6. The zero-order chi connectivity index (χ0) is 18.9. The van der Waals surface area contributed by atoms with Crippen molar-refractivity contribution < 1.29 is 19.1 Å². The Labute approximate surface area is 150 Å². The maximum Gasteiger partial charge on any atom is 0.344 e. The quantitative estimate of drug-likeness (QED) is 0.801. The van der Waals surface area contributed by atoms with Gasteiger partial charge in [0.1, 0.15) is 11.8 Å². The van der Waals surface area contributed by atoms with E-state index >= 15 is 0 Å². The lowest BCUT2D eigenvalue weighted by Gasteiger charge is -2.14. The highest BCUT2D eigenvalue weighted by molar-refractivity contribution is 5.95. The Hall–Kier alpha value is -3.84. The topological polar surface area (TPSA) is 112 Å². The summed E-state index contributed by atoms with van der Waals surface area (Å²) in [6.45, 7) is 1.01. The molecule has 2 aromatic rings. The SMILES string of the molecule is C[C@H](OC(=O)COc1ccccc1C#N)C(=O)Nc1ccc(C#N)cc1. The van der Waals surface area contributed by atoms with E-state index in [0.717, 1.165) is 0 Å². The summed E-state index contributed by atoms with van der Waals surface area (Å²) in [5.74, 6) is -0.984. The van der Waals surface area contributed by atoms with E-state index in [1.165, 1.54) is 6.92 Å². The standard InChI is InChI=1S/C19H15N3O4/c1-13(19(24)22-16-8-6-14(10-20)7-9-16)26-18(23)12-25-17-5-3-2-4-15(17)11-21/h2-9,13H,12H2,1H3,(H,22,24)/t13-/m0/s1. The number of nitriles is 2. The largest absolute Gasteiger partial charge is 0.481 e. The molecule has 0 saturated heterocycles. The number of hydrogen-bond donors (Lipinski definition) is 1. The second kappa shape index (κ2) is 8.86. The van der Waals surface area contributed by atoms with Gasteiger partial charge in [0.15, 0.2) is 12.7 Å². The molecule has 0 bridgehead atoms. The Kier molecular flexibility index (Phi) is 6.30. The minimum absolute atomic E-state index is 0.265. The number of hydrogen-bond acceptors (Lipinski definition) is 6. The van der Waals surface area contributed by atoms with Crippen molar-refractivity contribution in [1.82, 2.24) is 0 Å². The number of carbonyl (C=O) groups is 2. The summed E-state index contributed by atoms with van der Waals surface area (Å²) in [5.41, 5.74) is 1.25. The first-order valence-electron chi connectivity index (χ1n) is 7.66. The number of rotatable bonds is 6. The predicted molar refractivity (Wildman–Crippen MR) is 92.0 cm³/mol. The van der Waals surface area contributed by atoms with E-state index in [9.17, 15) is 9.59 Å². The second-order valence-electron chi connectivity index (χ2n) is 5.21. The number of nitrogens with one attached hydrogen (secondary N) is 1. The molecule has 7 heteroatoms. The number of carbonyl (C=O) groups excluding carboxylic acids is 2. The van der Waals surface area contributed by atoms with Crippen LogP contribution < -0.4 is 10.1 Å². The molecule has 0 aliphatic rings. The Bertz CT molecular complexity index is 879. The molecule has 1 atom stereocenters. The van der Waals surface area contributed by atoms with Crippen LogP contribution in [0, 0.1) is 22.7 Å². The summed E-state index contributed by atoms with van der Waals surface area (Å²) >= 11 is 0. The van der Waals surface area contributed by atoms with Gasteiger partial charge in [-0.2, -0.15) is 10.5 Å². The predicted octanol–water partition coefficient (Wildman–Crippen LogP) is 2.38. The van der Waals surface area contributed by atoms with Gasteiger partial charge in [0.05, 0.1) is 17.2 Å². The molecule has 1 amide bonds. The highest BCUT2D eigenvalue weighted by Crippen LogP contribution is 2.16. The monoisotopic (exact) mass is 349 g/mol. The van der Waals surface area contributed by atoms with Gasteiger partial charge in [0.2, 0.25) is 0 Å². The average molecular weight is 349 g/mol. The minimum atomic E-state index is -1.03. The van der Waals surface area contributed by atoms with Crippen LogP contribution in [0.1, 0.15) is 18.1 Å². The van der Waals surface area contributed by atoms with Crippen molar-refractivity contribution in [1.29, 1.82) is 10.5 Å². The Morgan fingerprint density at radius 2 is 1.77 bits per heavy atom. The molecule has 0 aliphatic heterocycles. The van der Waals surface area contributed by atoms with Crippen LogP contribution in [-0.2, 0) is 14.3 Å². The lowest BCUT2D eigenvalue weighted by atomic mass is 10.2. The van der Waals surface area contributed by atoms with E-state index in [-0.39, 0.29) is 5.75 Å². The number of ether oxygens (including phenoxy) is 2. The van der Waals surface area contributed by atoms with Crippen molar-refractivity contribution in [3.63, 3.8) is 0 Å². The molecular weight excluding hydrogens is 334 g/mol. The molecule has 0 saturated carbocycles. The van der Waals surface area contributed by atoms with Crippen LogP contribution in [-0.4, -0.2) is 24.6 Å². The lowest BCUT2D eigenvalue weighted by molar-refractivity contribution is -0.155. The number of anilines is 1. The molecule has 7 nitrogen and oxygen atoms in total. The summed E-state index contributed by atoms with van der Waals surface area (Å²) in [5, 5.41) is 20.3. The summed E-state index contributed by atoms with van der Waals surface area (Å²) < 4.78 is 10.3. The van der Waals surface area contributed by atoms with E-state index in [2.05, 4.69) is 5.32 Å². The van der Waals surface area contributed by atoms with Crippen LogP contribution >= 0.6 is 0 Å². The Morgan fingerprint density at radius 3 is 2.42 bits per heavy atom. The van der Waals surface area contributed by atoms with Crippen molar-refractivity contribution in [3.8, 4) is 17.9 Å². The Morgan fingerprint density at radius 1 is 1.08 bits per heavy atom. The van der Waals surface area contributed by atoms with Gasteiger partial charge >= 0.3 is 5.97 Å². The van der Waals surface area contributed by atoms with Crippen LogP contribution in [0.15, 0.2) is 48.5 Å². The normalized spacial score (nSPS) is 10.7. The molecule has 1 N–H and O–H groups in total. The molecule has 0 spiro atoms. The molecule has 130 valence electrons. The summed E-state index contributed by atoms with van der Waals surface area (Å²) in [7, 11) is 0. The van der Waals surface area contributed by atoms with Gasteiger partial charge in [-0.1, -0.05) is 12.1 Å². The molecule has 2 rings (SSSR count). The van der Waals surface area contributed by atoms with Gasteiger partial charge < -0.3 is 14.8 Å². The van der Waals surface area contributed by atoms with Crippen LogP contribution in [0.4, 0.5) is 5.69 Å². The van der Waals surface area contributed by atoms with Crippen molar-refractivity contribution in [3.05, 3.63) is 59.7 Å². The number of amides is 1. The third kappa shape index (κ3) is 5.08. The highest BCUT2D eigenvalue weighted by Gasteiger charge is 2.18. The molecule has 0 heterocycles. The second-order valence-corrected chi connectivity index (χ2v) is 5.21. The first-order valence-corrected chi connectivity index (χ1v) is 7.66. The molecule has 0 aliphatic carbocycles. The molecule has 2 aromatic carbocycles. The van der Waals surface area contributed by atoms with Crippen LogP contribution in [0.5, 0.6) is 5.75 Å². The van der Waals surface area contributed by atoms with E-state index in [1.54, 1.807) is 48.5 Å². The fourth-order valence-electron chi connectivity index (χ4n) is 1.98. The van der Waals surface area contributed by atoms with E-state index < -0.39 is 24.6 Å². The van der Waals surface area contributed by atoms with Crippen molar-refractivity contribution >= 4 is 17.6 Å². The average Bonchev–Trinajstić information content (AvgIpc) is 2.67. The van der Waals surface area contributed by atoms with Gasteiger partial charge in [-0.3, -0.25) is 4.79 Å². The maximum absolute atomic E-state index is 12.0. The summed E-state index contributed by atoms with van der Waals surface area (Å²) in [6, 6.07) is 16.7. The smallest absolute Gasteiger partial charge is 0.344 e. The number of para-hydroxylation sites is 1. The van der Waals surface area contributed by atoms with Gasteiger partial charge in [0, 0.05) is 5.69 Å². The molecule has 0 fully saturated rings. The molecule has 0 radical (unpaired) electrons. The minimum Gasteiger partial charge on any atom is -0.481 e. The van der Waals surface area contributed by atoms with Gasteiger partial charge in [-0.15, -0.1) is 0 Å². The molecule has 26 heavy (non-hydrogen) atoms. The van der Waals surface area contributed by atoms with Crippen molar-refractivity contribution in [2.45, 2.75) is 13.0 Å². The summed E-state index contributed by atoms with van der Waals surface area (Å²) in [4.78, 5) is 23.9. The van der Waals surface area contributed by atoms with E-state index in [1.807, 2.05) is 12.1 Å². The summed E-state index contributed by atoms with van der Waals surface area (Å²) in [6.07, 6.45) is -1.03. The number of nitrogens with zero attached hydrogens (tertiary/aromatic N) is 2. The lowest BCUT2D eigenvalue weighted by Crippen LogP contribution is -2.31. The zero-order valence-corrected chi connectivity index (χ0v) is 13.9. The Balaban J connectivity index is 1.84. The number of esters is 1. The van der Waals surface area contributed by atoms with Crippen LogP contribution in [0.2, 0.25) is 0 Å². The zero-order valence-electron chi connectivity index (χ0n) is 13.9. The van der Waals surface area contributed by atoms with Gasteiger partial charge in [-0.05, 0) is 43.3 Å². The first kappa shape index (κ1) is 18.5. The van der Waals surface area contributed by atoms with Crippen molar-refractivity contribution in [2.75, 3.05) is 11.9 Å². The third-order valence-electron chi connectivity index (χ3n) is 3.31. The van der Waals surface area contributed by atoms with Gasteiger partial charge in [0.25, 0.3) is 5.91 Å². The fourth-order valence-corrected chi connectivity index (χ4v) is 1.98.